The average Bonchev–Trinajstić information content (AvgIpc) is 2.72. The maximum absolute atomic E-state index is 10.9. The lowest BCUT2D eigenvalue weighted by Gasteiger charge is -2.25. The third-order valence-electron chi connectivity index (χ3n) is 5.02. The van der Waals surface area contributed by atoms with Crippen LogP contribution in [0.25, 0.3) is 0 Å². The highest BCUT2D eigenvalue weighted by atomic mass is 16.4. The standard InChI is InChI=1S/C20H32N2O2/c1-20(2,3)17-9-7-16(8-10-17)14-22-12-5-6-18(11-13-22)21(4)15-19(23)24/h7-10,18H,5-6,11-15H2,1-4H3,(H,23,24). The fourth-order valence-electron chi connectivity index (χ4n) is 3.45. The molecule has 4 nitrogen and oxygen atoms in total. The van der Waals surface area contributed by atoms with Gasteiger partial charge in [-0.1, -0.05) is 45.0 Å². The van der Waals surface area contributed by atoms with Gasteiger partial charge in [0.1, 0.15) is 0 Å². The average molecular weight is 332 g/mol. The quantitative estimate of drug-likeness (QED) is 0.898. The molecule has 1 saturated heterocycles. The molecule has 1 aliphatic heterocycles. The van der Waals surface area contributed by atoms with Crippen LogP contribution in [0.3, 0.4) is 0 Å². The van der Waals surface area contributed by atoms with Gasteiger partial charge >= 0.3 is 5.97 Å². The number of hydrogen-bond acceptors (Lipinski definition) is 3. The molecule has 1 fully saturated rings. The third kappa shape index (κ3) is 5.60. The van der Waals surface area contributed by atoms with Crippen LogP contribution in [-0.2, 0) is 16.8 Å². The number of carboxylic acid groups (broad SMARTS) is 1. The largest absolute Gasteiger partial charge is 0.480 e. The van der Waals surface area contributed by atoms with Crippen molar-refractivity contribution in [3.8, 4) is 0 Å². The minimum Gasteiger partial charge on any atom is -0.480 e. The molecule has 0 spiro atoms. The molecule has 0 amide bonds. The van der Waals surface area contributed by atoms with Gasteiger partial charge in [-0.2, -0.15) is 0 Å². The van der Waals surface area contributed by atoms with E-state index in [-0.39, 0.29) is 12.0 Å². The van der Waals surface area contributed by atoms with Crippen LogP contribution < -0.4 is 0 Å². The Labute approximate surface area is 146 Å². The van der Waals surface area contributed by atoms with Crippen LogP contribution >= 0.6 is 0 Å². The molecule has 1 aromatic rings. The maximum atomic E-state index is 10.9. The van der Waals surface area contributed by atoms with Gasteiger partial charge in [-0.05, 0) is 55.9 Å². The van der Waals surface area contributed by atoms with Crippen LogP contribution in [0.4, 0.5) is 0 Å². The fourth-order valence-corrected chi connectivity index (χ4v) is 3.45. The van der Waals surface area contributed by atoms with E-state index >= 15 is 0 Å². The summed E-state index contributed by atoms with van der Waals surface area (Å²) in [6.45, 7) is 9.98. The Morgan fingerprint density at radius 2 is 1.88 bits per heavy atom. The first-order chi connectivity index (χ1) is 11.3. The number of nitrogens with zero attached hydrogens (tertiary/aromatic N) is 2. The first-order valence-corrected chi connectivity index (χ1v) is 8.99. The van der Waals surface area contributed by atoms with E-state index < -0.39 is 5.97 Å². The first kappa shape index (κ1) is 18.9. The molecule has 1 heterocycles. The summed E-state index contributed by atoms with van der Waals surface area (Å²) in [6, 6.07) is 9.38. The molecule has 1 N–H and O–H groups in total. The lowest BCUT2D eigenvalue weighted by Crippen LogP contribution is -2.36. The van der Waals surface area contributed by atoms with Gasteiger partial charge in [0.15, 0.2) is 0 Å². The zero-order valence-electron chi connectivity index (χ0n) is 15.6. The van der Waals surface area contributed by atoms with E-state index in [1.807, 2.05) is 11.9 Å². The second-order valence-electron chi connectivity index (χ2n) is 8.12. The van der Waals surface area contributed by atoms with Crippen molar-refractivity contribution in [2.75, 3.05) is 26.7 Å². The van der Waals surface area contributed by atoms with Crippen molar-refractivity contribution >= 4 is 5.97 Å². The monoisotopic (exact) mass is 332 g/mol. The molecule has 0 radical (unpaired) electrons. The van der Waals surface area contributed by atoms with Crippen LogP contribution in [0.5, 0.6) is 0 Å². The van der Waals surface area contributed by atoms with Gasteiger partial charge in [0.05, 0.1) is 6.54 Å². The zero-order valence-corrected chi connectivity index (χ0v) is 15.6. The van der Waals surface area contributed by atoms with Crippen LogP contribution in [0, 0.1) is 0 Å². The Kier molecular flexibility index (Phi) is 6.41. The Bertz CT molecular complexity index is 534. The highest BCUT2D eigenvalue weighted by Crippen LogP contribution is 2.23. The highest BCUT2D eigenvalue weighted by molar-refractivity contribution is 5.69. The van der Waals surface area contributed by atoms with E-state index in [0.717, 1.165) is 38.9 Å². The van der Waals surface area contributed by atoms with Gasteiger partial charge in [0.25, 0.3) is 0 Å². The summed E-state index contributed by atoms with van der Waals surface area (Å²) >= 11 is 0. The van der Waals surface area contributed by atoms with Crippen LogP contribution in [0.15, 0.2) is 24.3 Å². The SMILES string of the molecule is CN(CC(=O)O)C1CCCN(Cc2ccc(C(C)(C)C)cc2)CC1. The minimum atomic E-state index is -0.738. The lowest BCUT2D eigenvalue weighted by atomic mass is 9.87. The molecule has 1 atom stereocenters. The topological polar surface area (TPSA) is 43.8 Å². The number of carboxylic acids is 1. The lowest BCUT2D eigenvalue weighted by molar-refractivity contribution is -0.138. The number of hydrogen-bond donors (Lipinski definition) is 1. The Hall–Kier alpha value is -1.39. The van der Waals surface area contributed by atoms with Gasteiger partial charge in [0, 0.05) is 12.6 Å². The molecule has 0 aromatic heterocycles. The molecule has 0 saturated carbocycles. The number of rotatable bonds is 5. The van der Waals surface area contributed by atoms with E-state index in [4.69, 9.17) is 5.11 Å². The first-order valence-electron chi connectivity index (χ1n) is 8.99. The maximum Gasteiger partial charge on any atom is 0.317 e. The van der Waals surface area contributed by atoms with Gasteiger partial charge in [-0.25, -0.2) is 0 Å². The molecule has 0 aliphatic carbocycles. The van der Waals surface area contributed by atoms with Crippen LogP contribution in [-0.4, -0.2) is 53.6 Å². The smallest absolute Gasteiger partial charge is 0.317 e. The van der Waals surface area contributed by atoms with Crippen molar-refractivity contribution in [3.63, 3.8) is 0 Å². The van der Waals surface area contributed by atoms with Gasteiger partial charge in [-0.15, -0.1) is 0 Å². The van der Waals surface area contributed by atoms with Crippen molar-refractivity contribution in [2.24, 2.45) is 0 Å². The molecule has 134 valence electrons. The Balaban J connectivity index is 1.89. The molecule has 2 rings (SSSR count). The van der Waals surface area contributed by atoms with Crippen molar-refractivity contribution < 1.29 is 9.90 Å². The number of likely N-dealkylation sites (tertiary alicyclic amines) is 1. The van der Waals surface area contributed by atoms with E-state index in [2.05, 4.69) is 49.9 Å². The number of carbonyl (C=O) groups is 1. The molecule has 1 aromatic carbocycles. The number of likely N-dealkylation sites (N-methyl/N-ethyl adjacent to an activating group) is 1. The van der Waals surface area contributed by atoms with Crippen LogP contribution in [0.1, 0.15) is 51.2 Å². The molecule has 0 bridgehead atoms. The summed E-state index contributed by atoms with van der Waals surface area (Å²) in [5.41, 5.74) is 2.93. The molecule has 1 aliphatic rings. The molecular formula is C20H32N2O2. The third-order valence-corrected chi connectivity index (χ3v) is 5.02. The van der Waals surface area contributed by atoms with E-state index in [1.165, 1.54) is 11.1 Å². The van der Waals surface area contributed by atoms with Gasteiger partial charge in [-0.3, -0.25) is 14.6 Å². The second-order valence-corrected chi connectivity index (χ2v) is 8.12. The van der Waals surface area contributed by atoms with Gasteiger partial charge < -0.3 is 5.11 Å². The summed E-state index contributed by atoms with van der Waals surface area (Å²) in [6.07, 6.45) is 3.27. The zero-order chi connectivity index (χ0) is 17.7. The van der Waals surface area contributed by atoms with Crippen LogP contribution in [0.2, 0.25) is 0 Å². The van der Waals surface area contributed by atoms with Crippen molar-refractivity contribution in [1.82, 2.24) is 9.80 Å². The summed E-state index contributed by atoms with van der Waals surface area (Å²) < 4.78 is 0. The summed E-state index contributed by atoms with van der Waals surface area (Å²) in [7, 11) is 1.93. The minimum absolute atomic E-state index is 0.138. The molecule has 1 unspecified atom stereocenters. The summed E-state index contributed by atoms with van der Waals surface area (Å²) in [4.78, 5) is 15.4. The van der Waals surface area contributed by atoms with E-state index in [0.29, 0.717) is 6.04 Å². The normalized spacial score (nSPS) is 20.1. The second kappa shape index (κ2) is 8.13. The highest BCUT2D eigenvalue weighted by Gasteiger charge is 2.22. The predicted molar refractivity (Wildman–Crippen MR) is 98.3 cm³/mol. The Morgan fingerprint density at radius 3 is 2.46 bits per heavy atom. The summed E-state index contributed by atoms with van der Waals surface area (Å²) in [5, 5.41) is 8.96. The fraction of sp³-hybridized carbons (Fsp3) is 0.650. The molecule has 4 heteroatoms. The number of aliphatic carboxylic acids is 1. The molecular weight excluding hydrogens is 300 g/mol. The molecule has 24 heavy (non-hydrogen) atoms. The van der Waals surface area contributed by atoms with E-state index in [9.17, 15) is 4.79 Å². The summed E-state index contributed by atoms with van der Waals surface area (Å²) in [5.74, 6) is -0.738. The van der Waals surface area contributed by atoms with Crippen molar-refractivity contribution in [2.45, 2.75) is 58.0 Å². The van der Waals surface area contributed by atoms with E-state index in [1.54, 1.807) is 0 Å². The van der Waals surface area contributed by atoms with Gasteiger partial charge in [0.2, 0.25) is 0 Å². The van der Waals surface area contributed by atoms with Crippen molar-refractivity contribution in [3.05, 3.63) is 35.4 Å². The van der Waals surface area contributed by atoms with Crippen molar-refractivity contribution in [1.29, 1.82) is 0 Å². The predicted octanol–water partition coefficient (Wildman–Crippen LogP) is 3.36. The number of benzene rings is 1. The Morgan fingerprint density at radius 1 is 1.21 bits per heavy atom.